The molecule has 0 spiro atoms. The first-order chi connectivity index (χ1) is 8.16. The van der Waals surface area contributed by atoms with Crippen LogP contribution in [-0.4, -0.2) is 40.7 Å². The molecular formula is C13H17NO3. The standard InChI is InChI=1S/C13H17NO3/c15-12-9-11(13(16)17)4-3-10(12)5-8-14-6-1-2-7-14/h3-4,9,15H,1-2,5-8H2,(H,16,17). The molecule has 4 heteroatoms. The van der Waals surface area contributed by atoms with Gasteiger partial charge in [0.25, 0.3) is 0 Å². The van der Waals surface area contributed by atoms with Crippen molar-refractivity contribution >= 4 is 5.97 Å². The number of nitrogens with zero attached hydrogens (tertiary/aromatic N) is 1. The van der Waals surface area contributed by atoms with Crippen LogP contribution in [0.25, 0.3) is 0 Å². The number of hydrogen-bond acceptors (Lipinski definition) is 3. The third-order valence-electron chi connectivity index (χ3n) is 3.23. The monoisotopic (exact) mass is 235 g/mol. The molecule has 1 heterocycles. The minimum Gasteiger partial charge on any atom is -0.508 e. The maximum absolute atomic E-state index is 10.7. The van der Waals surface area contributed by atoms with Crippen LogP contribution in [-0.2, 0) is 6.42 Å². The summed E-state index contributed by atoms with van der Waals surface area (Å²) in [5.74, 6) is -0.921. The predicted octanol–water partition coefficient (Wildman–Crippen LogP) is 1.73. The average molecular weight is 235 g/mol. The molecule has 0 aliphatic carbocycles. The molecule has 1 aromatic carbocycles. The second-order valence-corrected chi connectivity index (χ2v) is 4.45. The SMILES string of the molecule is O=C(O)c1ccc(CCN2CCCC2)c(O)c1. The van der Waals surface area contributed by atoms with Gasteiger partial charge < -0.3 is 15.1 Å². The Balaban J connectivity index is 1.98. The highest BCUT2D eigenvalue weighted by Gasteiger charge is 2.13. The average Bonchev–Trinajstić information content (AvgIpc) is 2.80. The zero-order valence-corrected chi connectivity index (χ0v) is 9.72. The number of aromatic hydroxyl groups is 1. The summed E-state index contributed by atoms with van der Waals surface area (Å²) in [5, 5.41) is 18.5. The summed E-state index contributed by atoms with van der Waals surface area (Å²) in [6.45, 7) is 3.20. The van der Waals surface area contributed by atoms with E-state index in [0.29, 0.717) is 0 Å². The first-order valence-electron chi connectivity index (χ1n) is 5.94. The van der Waals surface area contributed by atoms with Gasteiger partial charge in [0.15, 0.2) is 0 Å². The number of phenols is 1. The van der Waals surface area contributed by atoms with E-state index in [2.05, 4.69) is 4.90 Å². The lowest BCUT2D eigenvalue weighted by Gasteiger charge is -2.14. The van der Waals surface area contributed by atoms with Crippen molar-refractivity contribution in [3.05, 3.63) is 29.3 Å². The van der Waals surface area contributed by atoms with E-state index in [-0.39, 0.29) is 11.3 Å². The number of carbonyl (C=O) groups is 1. The third kappa shape index (κ3) is 2.97. The molecule has 0 radical (unpaired) electrons. The summed E-state index contributed by atoms with van der Waals surface area (Å²) in [4.78, 5) is 13.1. The summed E-state index contributed by atoms with van der Waals surface area (Å²) in [6.07, 6.45) is 3.28. The number of carboxylic acids is 1. The van der Waals surface area contributed by atoms with Crippen molar-refractivity contribution in [1.82, 2.24) is 4.90 Å². The Morgan fingerprint density at radius 3 is 2.59 bits per heavy atom. The van der Waals surface area contributed by atoms with Gasteiger partial charge in [0.2, 0.25) is 0 Å². The van der Waals surface area contributed by atoms with Gasteiger partial charge in [-0.2, -0.15) is 0 Å². The number of aromatic carboxylic acids is 1. The van der Waals surface area contributed by atoms with Crippen LogP contribution in [0.4, 0.5) is 0 Å². The van der Waals surface area contributed by atoms with Gasteiger partial charge in [-0.05, 0) is 50.0 Å². The molecule has 2 N–H and O–H groups in total. The highest BCUT2D eigenvalue weighted by atomic mass is 16.4. The van der Waals surface area contributed by atoms with Crippen LogP contribution in [0.2, 0.25) is 0 Å². The maximum Gasteiger partial charge on any atom is 0.335 e. The number of rotatable bonds is 4. The molecule has 2 rings (SSSR count). The highest BCUT2D eigenvalue weighted by molar-refractivity contribution is 5.88. The van der Waals surface area contributed by atoms with Crippen molar-refractivity contribution in [3.63, 3.8) is 0 Å². The van der Waals surface area contributed by atoms with Crippen molar-refractivity contribution < 1.29 is 15.0 Å². The first kappa shape index (κ1) is 11.9. The first-order valence-corrected chi connectivity index (χ1v) is 5.94. The van der Waals surface area contributed by atoms with E-state index in [1.165, 1.54) is 18.9 Å². The number of hydrogen-bond donors (Lipinski definition) is 2. The van der Waals surface area contributed by atoms with Gasteiger partial charge in [0.1, 0.15) is 5.75 Å². The van der Waals surface area contributed by atoms with Gasteiger partial charge in [-0.15, -0.1) is 0 Å². The minimum absolute atomic E-state index is 0.0871. The van der Waals surface area contributed by atoms with Crippen LogP contribution in [0, 0.1) is 0 Å². The summed E-state index contributed by atoms with van der Waals surface area (Å²) < 4.78 is 0. The lowest BCUT2D eigenvalue weighted by Crippen LogP contribution is -2.21. The Morgan fingerprint density at radius 2 is 2.00 bits per heavy atom. The van der Waals surface area contributed by atoms with Crippen LogP contribution in [0.5, 0.6) is 5.75 Å². The largest absolute Gasteiger partial charge is 0.508 e. The zero-order valence-electron chi connectivity index (χ0n) is 9.72. The van der Waals surface area contributed by atoms with E-state index in [1.54, 1.807) is 12.1 Å². The quantitative estimate of drug-likeness (QED) is 0.834. The van der Waals surface area contributed by atoms with E-state index in [9.17, 15) is 9.90 Å². The van der Waals surface area contributed by atoms with Crippen molar-refractivity contribution in [3.8, 4) is 5.75 Å². The molecule has 0 unspecified atom stereocenters. The predicted molar refractivity (Wildman–Crippen MR) is 64.4 cm³/mol. The van der Waals surface area contributed by atoms with Crippen LogP contribution in [0.3, 0.4) is 0 Å². The molecule has 0 bridgehead atoms. The fourth-order valence-corrected chi connectivity index (χ4v) is 2.19. The summed E-state index contributed by atoms with van der Waals surface area (Å²) in [5.41, 5.74) is 0.953. The molecule has 92 valence electrons. The highest BCUT2D eigenvalue weighted by Crippen LogP contribution is 2.20. The number of likely N-dealkylation sites (tertiary alicyclic amines) is 1. The van der Waals surface area contributed by atoms with E-state index >= 15 is 0 Å². The summed E-state index contributed by atoms with van der Waals surface area (Å²) in [7, 11) is 0. The van der Waals surface area contributed by atoms with E-state index in [1.807, 2.05) is 0 Å². The lowest BCUT2D eigenvalue weighted by atomic mass is 10.1. The molecule has 1 aliphatic heterocycles. The van der Waals surface area contributed by atoms with Gasteiger partial charge in [-0.25, -0.2) is 4.79 Å². The second kappa shape index (κ2) is 5.19. The molecule has 0 saturated carbocycles. The molecule has 17 heavy (non-hydrogen) atoms. The van der Waals surface area contributed by atoms with Crippen LogP contribution < -0.4 is 0 Å². The second-order valence-electron chi connectivity index (χ2n) is 4.45. The Morgan fingerprint density at radius 1 is 1.29 bits per heavy atom. The summed E-state index contributed by atoms with van der Waals surface area (Å²) >= 11 is 0. The molecule has 0 amide bonds. The zero-order chi connectivity index (χ0) is 12.3. The van der Waals surface area contributed by atoms with Crippen LogP contribution in [0.1, 0.15) is 28.8 Å². The minimum atomic E-state index is -1.01. The number of carboxylic acid groups (broad SMARTS) is 1. The number of phenolic OH excluding ortho intramolecular Hbond substituents is 1. The van der Waals surface area contributed by atoms with Crippen molar-refractivity contribution in [1.29, 1.82) is 0 Å². The number of benzene rings is 1. The smallest absolute Gasteiger partial charge is 0.335 e. The molecule has 0 aromatic heterocycles. The Labute approximate surface area is 100 Å². The van der Waals surface area contributed by atoms with Crippen LogP contribution >= 0.6 is 0 Å². The van der Waals surface area contributed by atoms with Crippen molar-refractivity contribution in [2.75, 3.05) is 19.6 Å². The lowest BCUT2D eigenvalue weighted by molar-refractivity contribution is 0.0696. The molecule has 0 atom stereocenters. The van der Waals surface area contributed by atoms with Crippen LogP contribution in [0.15, 0.2) is 18.2 Å². The van der Waals surface area contributed by atoms with E-state index in [4.69, 9.17) is 5.11 Å². The maximum atomic E-state index is 10.7. The van der Waals surface area contributed by atoms with E-state index in [0.717, 1.165) is 31.6 Å². The van der Waals surface area contributed by atoms with Crippen molar-refractivity contribution in [2.24, 2.45) is 0 Å². The van der Waals surface area contributed by atoms with Gasteiger partial charge in [-0.3, -0.25) is 0 Å². The molecule has 1 aliphatic rings. The Bertz CT molecular complexity index is 411. The summed E-state index contributed by atoms with van der Waals surface area (Å²) in [6, 6.07) is 4.57. The Kier molecular flexibility index (Phi) is 3.64. The third-order valence-corrected chi connectivity index (χ3v) is 3.23. The molecule has 1 fully saturated rings. The topological polar surface area (TPSA) is 60.8 Å². The fraction of sp³-hybridized carbons (Fsp3) is 0.462. The van der Waals surface area contributed by atoms with Crippen molar-refractivity contribution in [2.45, 2.75) is 19.3 Å². The van der Waals surface area contributed by atoms with E-state index < -0.39 is 5.97 Å². The fourth-order valence-electron chi connectivity index (χ4n) is 2.19. The van der Waals surface area contributed by atoms with Gasteiger partial charge in [-0.1, -0.05) is 6.07 Å². The Hall–Kier alpha value is -1.55. The van der Waals surface area contributed by atoms with Gasteiger partial charge >= 0.3 is 5.97 Å². The normalized spacial score (nSPS) is 16.2. The molecule has 1 saturated heterocycles. The molecule has 1 aromatic rings. The molecule has 4 nitrogen and oxygen atoms in total. The van der Waals surface area contributed by atoms with Gasteiger partial charge in [0, 0.05) is 6.54 Å². The molecular weight excluding hydrogens is 218 g/mol. The van der Waals surface area contributed by atoms with Gasteiger partial charge in [0.05, 0.1) is 5.56 Å².